The van der Waals surface area contributed by atoms with Crippen molar-refractivity contribution in [2.45, 2.75) is 46.3 Å². The molecule has 4 nitrogen and oxygen atoms in total. The molecule has 1 aromatic heterocycles. The van der Waals surface area contributed by atoms with E-state index in [0.29, 0.717) is 5.92 Å². The molecular formula is C19H27N3O. The van der Waals surface area contributed by atoms with Crippen LogP contribution >= 0.6 is 0 Å². The number of benzene rings is 1. The van der Waals surface area contributed by atoms with Crippen LogP contribution in [0.1, 0.15) is 36.7 Å². The van der Waals surface area contributed by atoms with Gasteiger partial charge in [-0.05, 0) is 76.4 Å². The molecule has 2 heterocycles. The van der Waals surface area contributed by atoms with Crippen LogP contribution in [0.5, 0.6) is 0 Å². The Hall–Kier alpha value is -1.65. The van der Waals surface area contributed by atoms with Crippen molar-refractivity contribution in [3.8, 4) is 5.69 Å². The van der Waals surface area contributed by atoms with E-state index in [1.807, 2.05) is 18.5 Å². The van der Waals surface area contributed by atoms with Crippen molar-refractivity contribution in [2.24, 2.45) is 5.92 Å². The zero-order chi connectivity index (χ0) is 16.4. The number of piperidine rings is 1. The molecule has 23 heavy (non-hydrogen) atoms. The van der Waals surface area contributed by atoms with E-state index in [2.05, 4.69) is 47.3 Å². The first kappa shape index (κ1) is 16.2. The summed E-state index contributed by atoms with van der Waals surface area (Å²) in [4.78, 5) is 2.48. The lowest BCUT2D eigenvalue weighted by molar-refractivity contribution is 0.0695. The van der Waals surface area contributed by atoms with Crippen LogP contribution in [0.15, 0.2) is 30.3 Å². The van der Waals surface area contributed by atoms with Crippen molar-refractivity contribution >= 4 is 0 Å². The summed E-state index contributed by atoms with van der Waals surface area (Å²) in [5.74, 6) is 0.472. The molecule has 3 rings (SSSR count). The molecule has 0 aliphatic carbocycles. The van der Waals surface area contributed by atoms with E-state index < -0.39 is 0 Å². The molecule has 0 bridgehead atoms. The lowest BCUT2D eigenvalue weighted by Gasteiger charge is -2.33. The maximum Gasteiger partial charge on any atom is 0.0648 e. The molecule has 1 atom stereocenters. The number of hydrogen-bond donors (Lipinski definition) is 1. The van der Waals surface area contributed by atoms with Gasteiger partial charge in [0.1, 0.15) is 0 Å². The van der Waals surface area contributed by atoms with E-state index in [4.69, 9.17) is 0 Å². The van der Waals surface area contributed by atoms with Crippen LogP contribution in [0.2, 0.25) is 0 Å². The zero-order valence-electron chi connectivity index (χ0n) is 14.4. The Kier molecular flexibility index (Phi) is 4.83. The molecule has 2 aromatic rings. The SMILES string of the molecule is Cc1cc(C)n(-c2ccc(CN3CCC(C(C)O)CC3)cc2)n1. The number of likely N-dealkylation sites (tertiary alicyclic amines) is 1. The van der Waals surface area contributed by atoms with Gasteiger partial charge in [0.15, 0.2) is 0 Å². The number of nitrogens with zero attached hydrogens (tertiary/aromatic N) is 3. The number of aliphatic hydroxyl groups excluding tert-OH is 1. The first-order valence-electron chi connectivity index (χ1n) is 8.56. The molecule has 1 fully saturated rings. The molecule has 0 spiro atoms. The fourth-order valence-electron chi connectivity index (χ4n) is 3.48. The van der Waals surface area contributed by atoms with Gasteiger partial charge in [0, 0.05) is 12.2 Å². The van der Waals surface area contributed by atoms with Crippen molar-refractivity contribution in [1.29, 1.82) is 0 Å². The molecular weight excluding hydrogens is 286 g/mol. The third kappa shape index (κ3) is 3.82. The third-order valence-corrected chi connectivity index (χ3v) is 4.91. The van der Waals surface area contributed by atoms with Crippen molar-refractivity contribution in [1.82, 2.24) is 14.7 Å². The summed E-state index contributed by atoms with van der Waals surface area (Å²) in [5, 5.41) is 14.2. The minimum atomic E-state index is -0.169. The molecule has 0 saturated carbocycles. The first-order valence-corrected chi connectivity index (χ1v) is 8.56. The summed E-state index contributed by atoms with van der Waals surface area (Å²) in [6, 6.07) is 10.8. The van der Waals surface area contributed by atoms with Gasteiger partial charge in [-0.15, -0.1) is 0 Å². The lowest BCUT2D eigenvalue weighted by Crippen LogP contribution is -2.36. The van der Waals surface area contributed by atoms with E-state index in [1.54, 1.807) is 0 Å². The van der Waals surface area contributed by atoms with Gasteiger partial charge < -0.3 is 5.11 Å². The highest BCUT2D eigenvalue weighted by Gasteiger charge is 2.22. The van der Waals surface area contributed by atoms with Crippen molar-refractivity contribution in [2.75, 3.05) is 13.1 Å². The highest BCUT2D eigenvalue weighted by Crippen LogP contribution is 2.22. The van der Waals surface area contributed by atoms with Crippen molar-refractivity contribution in [3.05, 3.63) is 47.3 Å². The summed E-state index contributed by atoms with van der Waals surface area (Å²) in [7, 11) is 0. The Balaban J connectivity index is 1.61. The Morgan fingerprint density at radius 1 is 1.17 bits per heavy atom. The molecule has 4 heteroatoms. The number of aryl methyl sites for hydroxylation is 2. The van der Waals surface area contributed by atoms with Crippen molar-refractivity contribution < 1.29 is 5.11 Å². The third-order valence-electron chi connectivity index (χ3n) is 4.91. The number of hydrogen-bond acceptors (Lipinski definition) is 3. The zero-order valence-corrected chi connectivity index (χ0v) is 14.4. The van der Waals surface area contributed by atoms with Gasteiger partial charge in [-0.25, -0.2) is 4.68 Å². The van der Waals surface area contributed by atoms with Crippen LogP contribution in [0.3, 0.4) is 0 Å². The molecule has 1 aromatic carbocycles. The predicted molar refractivity (Wildman–Crippen MR) is 92.7 cm³/mol. The summed E-state index contributed by atoms with van der Waals surface area (Å²) >= 11 is 0. The molecule has 0 amide bonds. The van der Waals surface area contributed by atoms with Gasteiger partial charge in [-0.3, -0.25) is 4.90 Å². The average molecular weight is 313 g/mol. The summed E-state index contributed by atoms with van der Waals surface area (Å²) < 4.78 is 1.99. The Morgan fingerprint density at radius 3 is 2.35 bits per heavy atom. The molecule has 1 unspecified atom stereocenters. The van der Waals surface area contributed by atoms with E-state index in [1.165, 1.54) is 5.56 Å². The maximum absolute atomic E-state index is 9.69. The second-order valence-electron chi connectivity index (χ2n) is 6.86. The Labute approximate surface area is 138 Å². The normalized spacial score (nSPS) is 18.3. The van der Waals surface area contributed by atoms with Gasteiger partial charge in [-0.2, -0.15) is 5.10 Å². The van der Waals surface area contributed by atoms with Crippen LogP contribution < -0.4 is 0 Å². The fourth-order valence-corrected chi connectivity index (χ4v) is 3.48. The number of aromatic nitrogens is 2. The van der Waals surface area contributed by atoms with Gasteiger partial charge >= 0.3 is 0 Å². The molecule has 1 aliphatic rings. The molecule has 124 valence electrons. The Morgan fingerprint density at radius 2 is 1.83 bits per heavy atom. The van der Waals surface area contributed by atoms with Crippen LogP contribution in [0.4, 0.5) is 0 Å². The van der Waals surface area contributed by atoms with E-state index >= 15 is 0 Å². The van der Waals surface area contributed by atoms with Gasteiger partial charge in [-0.1, -0.05) is 12.1 Å². The molecule has 1 aliphatic heterocycles. The van der Waals surface area contributed by atoms with E-state index in [0.717, 1.165) is 49.6 Å². The highest BCUT2D eigenvalue weighted by atomic mass is 16.3. The number of rotatable bonds is 4. The molecule has 0 radical (unpaired) electrons. The topological polar surface area (TPSA) is 41.3 Å². The fraction of sp³-hybridized carbons (Fsp3) is 0.526. The minimum Gasteiger partial charge on any atom is -0.393 e. The molecule has 1 N–H and O–H groups in total. The quantitative estimate of drug-likeness (QED) is 0.943. The van der Waals surface area contributed by atoms with Crippen LogP contribution in [-0.4, -0.2) is 39.0 Å². The lowest BCUT2D eigenvalue weighted by atomic mass is 9.92. The largest absolute Gasteiger partial charge is 0.393 e. The second kappa shape index (κ2) is 6.85. The first-order chi connectivity index (χ1) is 11.0. The van der Waals surface area contributed by atoms with Gasteiger partial charge in [0.25, 0.3) is 0 Å². The standard InChI is InChI=1S/C19H27N3O/c1-14-12-15(2)22(20-14)19-6-4-17(5-7-19)13-21-10-8-18(9-11-21)16(3)23/h4-7,12,16,18,23H,8-11,13H2,1-3H3. The van der Waals surface area contributed by atoms with E-state index in [-0.39, 0.29) is 6.10 Å². The summed E-state index contributed by atoms with van der Waals surface area (Å²) in [5.41, 5.74) is 4.67. The van der Waals surface area contributed by atoms with Crippen molar-refractivity contribution in [3.63, 3.8) is 0 Å². The molecule has 1 saturated heterocycles. The van der Waals surface area contributed by atoms with Crippen LogP contribution in [0, 0.1) is 19.8 Å². The smallest absolute Gasteiger partial charge is 0.0648 e. The van der Waals surface area contributed by atoms with E-state index in [9.17, 15) is 5.11 Å². The monoisotopic (exact) mass is 313 g/mol. The van der Waals surface area contributed by atoms with Gasteiger partial charge in [0.2, 0.25) is 0 Å². The van der Waals surface area contributed by atoms with Gasteiger partial charge in [0.05, 0.1) is 17.5 Å². The minimum absolute atomic E-state index is 0.169. The number of aliphatic hydroxyl groups is 1. The summed E-state index contributed by atoms with van der Waals surface area (Å²) in [6.45, 7) is 9.17. The van der Waals surface area contributed by atoms with Crippen LogP contribution in [0.25, 0.3) is 5.69 Å². The average Bonchev–Trinajstić information content (AvgIpc) is 2.87. The predicted octanol–water partition coefficient (Wildman–Crippen LogP) is 3.08. The van der Waals surface area contributed by atoms with Crippen LogP contribution in [-0.2, 0) is 6.54 Å². The summed E-state index contributed by atoms with van der Waals surface area (Å²) in [6.07, 6.45) is 2.03. The Bertz CT molecular complexity index is 637. The highest BCUT2D eigenvalue weighted by molar-refractivity contribution is 5.36. The second-order valence-corrected chi connectivity index (χ2v) is 6.86. The maximum atomic E-state index is 9.69.